The van der Waals surface area contributed by atoms with E-state index in [-0.39, 0.29) is 17.5 Å². The van der Waals surface area contributed by atoms with Crippen LogP contribution in [0.2, 0.25) is 0 Å². The number of benzene rings is 1. The monoisotopic (exact) mass is 406 g/mol. The largest absolute Gasteiger partial charge is 0.381 e. The van der Waals surface area contributed by atoms with Gasteiger partial charge in [-0.1, -0.05) is 17.7 Å². The zero-order chi connectivity index (χ0) is 21.3. The molecule has 0 saturated carbocycles. The minimum absolute atomic E-state index is 0.0454. The maximum atomic E-state index is 13.1. The third kappa shape index (κ3) is 4.33. The lowest BCUT2D eigenvalue weighted by molar-refractivity contribution is 0.0697. The van der Waals surface area contributed by atoms with E-state index in [2.05, 4.69) is 55.0 Å². The fourth-order valence-corrected chi connectivity index (χ4v) is 3.75. The second kappa shape index (κ2) is 8.11. The van der Waals surface area contributed by atoms with Gasteiger partial charge >= 0.3 is 0 Å². The normalized spacial score (nSPS) is 15.3. The molecule has 0 radical (unpaired) electrons. The predicted molar refractivity (Wildman–Crippen MR) is 120 cm³/mol. The molecular weight excluding hydrogens is 376 g/mol. The second-order valence-electron chi connectivity index (χ2n) is 9.00. The van der Waals surface area contributed by atoms with Gasteiger partial charge in [0.25, 0.3) is 5.91 Å². The molecule has 2 aromatic heterocycles. The Balaban J connectivity index is 1.67. The maximum absolute atomic E-state index is 13.1. The molecule has 1 fully saturated rings. The minimum Gasteiger partial charge on any atom is -0.381 e. The number of hydrogen-bond acceptors (Lipinski definition) is 4. The van der Waals surface area contributed by atoms with E-state index in [1.165, 1.54) is 5.56 Å². The van der Waals surface area contributed by atoms with Gasteiger partial charge in [-0.05, 0) is 64.8 Å². The van der Waals surface area contributed by atoms with Crippen molar-refractivity contribution in [2.24, 2.45) is 0 Å². The van der Waals surface area contributed by atoms with Crippen LogP contribution < -0.4 is 10.6 Å². The van der Waals surface area contributed by atoms with Crippen LogP contribution in [0, 0.1) is 6.92 Å². The number of rotatable bonds is 4. The fourth-order valence-electron chi connectivity index (χ4n) is 3.75. The van der Waals surface area contributed by atoms with Crippen LogP contribution in [-0.4, -0.2) is 34.7 Å². The summed E-state index contributed by atoms with van der Waals surface area (Å²) in [7, 11) is 0. The van der Waals surface area contributed by atoms with Gasteiger partial charge in [-0.3, -0.25) is 4.79 Å². The number of aromatic nitrogens is 2. The number of carbonyl (C=O) groups excluding carboxylic acids is 1. The summed E-state index contributed by atoms with van der Waals surface area (Å²) in [5.41, 5.74) is 3.47. The fraction of sp³-hybridized carbons (Fsp3) is 0.417. The highest BCUT2D eigenvalue weighted by Crippen LogP contribution is 2.29. The number of hydrogen-bond donors (Lipinski definition) is 2. The third-order valence-corrected chi connectivity index (χ3v) is 5.50. The Morgan fingerprint density at radius 3 is 2.47 bits per heavy atom. The summed E-state index contributed by atoms with van der Waals surface area (Å²) in [5, 5.41) is 7.41. The molecule has 1 aliphatic rings. The summed E-state index contributed by atoms with van der Waals surface area (Å²) in [6, 6.07) is 12.3. The van der Waals surface area contributed by atoms with Crippen molar-refractivity contribution in [3.05, 3.63) is 53.7 Å². The average Bonchev–Trinajstić information content (AvgIpc) is 3.10. The van der Waals surface area contributed by atoms with Gasteiger partial charge in [0, 0.05) is 42.1 Å². The van der Waals surface area contributed by atoms with Gasteiger partial charge < -0.3 is 19.9 Å². The highest BCUT2D eigenvalue weighted by atomic mass is 16.5. The Morgan fingerprint density at radius 1 is 1.10 bits per heavy atom. The van der Waals surface area contributed by atoms with Crippen molar-refractivity contribution in [2.75, 3.05) is 18.5 Å². The molecule has 6 nitrogen and oxygen atoms in total. The molecule has 6 heteroatoms. The van der Waals surface area contributed by atoms with E-state index in [4.69, 9.17) is 9.72 Å². The SMILES string of the molecule is Cc1ccc(Nc2ccc3c(C(=O)NC4CCOCC4)cn(C(C)(C)C)c3n2)cc1. The lowest BCUT2D eigenvalue weighted by Gasteiger charge is -2.23. The van der Waals surface area contributed by atoms with Crippen LogP contribution in [0.1, 0.15) is 49.5 Å². The molecule has 4 rings (SSSR count). The van der Waals surface area contributed by atoms with E-state index >= 15 is 0 Å². The predicted octanol–water partition coefficient (Wildman–Crippen LogP) is 4.75. The van der Waals surface area contributed by atoms with Gasteiger partial charge in [-0.2, -0.15) is 0 Å². The molecule has 3 heterocycles. The molecule has 0 aliphatic carbocycles. The Kier molecular flexibility index (Phi) is 5.52. The number of nitrogens with zero attached hydrogens (tertiary/aromatic N) is 2. The first-order valence-corrected chi connectivity index (χ1v) is 10.6. The van der Waals surface area contributed by atoms with Crippen LogP contribution in [0.4, 0.5) is 11.5 Å². The van der Waals surface area contributed by atoms with E-state index in [9.17, 15) is 4.79 Å². The van der Waals surface area contributed by atoms with Crippen molar-refractivity contribution in [1.82, 2.24) is 14.9 Å². The molecule has 1 aliphatic heterocycles. The smallest absolute Gasteiger partial charge is 0.253 e. The topological polar surface area (TPSA) is 68.2 Å². The molecule has 1 saturated heterocycles. The van der Waals surface area contributed by atoms with Crippen molar-refractivity contribution < 1.29 is 9.53 Å². The number of anilines is 2. The minimum atomic E-state index is -0.203. The Bertz CT molecular complexity index is 1040. The molecule has 0 unspecified atom stereocenters. The van der Waals surface area contributed by atoms with Crippen LogP contribution in [0.3, 0.4) is 0 Å². The number of ether oxygens (including phenoxy) is 1. The zero-order valence-electron chi connectivity index (χ0n) is 18.2. The van der Waals surface area contributed by atoms with Crippen LogP contribution in [0.5, 0.6) is 0 Å². The summed E-state index contributed by atoms with van der Waals surface area (Å²) in [4.78, 5) is 17.9. The number of amides is 1. The molecule has 30 heavy (non-hydrogen) atoms. The van der Waals surface area contributed by atoms with Crippen molar-refractivity contribution in [3.63, 3.8) is 0 Å². The van der Waals surface area contributed by atoms with Crippen molar-refractivity contribution in [3.8, 4) is 0 Å². The average molecular weight is 407 g/mol. The highest BCUT2D eigenvalue weighted by Gasteiger charge is 2.24. The first-order chi connectivity index (χ1) is 14.3. The van der Waals surface area contributed by atoms with Crippen molar-refractivity contribution >= 4 is 28.4 Å². The molecule has 0 spiro atoms. The van der Waals surface area contributed by atoms with Crippen molar-refractivity contribution in [2.45, 2.75) is 52.1 Å². The molecule has 1 aromatic carbocycles. The first kappa shape index (κ1) is 20.4. The van der Waals surface area contributed by atoms with Gasteiger partial charge in [0.05, 0.1) is 5.56 Å². The lowest BCUT2D eigenvalue weighted by atomic mass is 10.1. The summed E-state index contributed by atoms with van der Waals surface area (Å²) in [6.45, 7) is 9.82. The second-order valence-corrected chi connectivity index (χ2v) is 9.00. The Morgan fingerprint density at radius 2 is 1.80 bits per heavy atom. The van der Waals surface area contributed by atoms with Crippen molar-refractivity contribution in [1.29, 1.82) is 0 Å². The standard InChI is InChI=1S/C24H30N4O2/c1-16-5-7-17(8-6-16)25-21-10-9-19-20(15-28(22(19)27-21)24(2,3)4)23(29)26-18-11-13-30-14-12-18/h5-10,15,18H,11-14H2,1-4H3,(H,25,27)(H,26,29). The zero-order valence-corrected chi connectivity index (χ0v) is 18.2. The lowest BCUT2D eigenvalue weighted by Crippen LogP contribution is -2.38. The van der Waals surface area contributed by atoms with Crippen LogP contribution >= 0.6 is 0 Å². The third-order valence-electron chi connectivity index (χ3n) is 5.50. The van der Waals surface area contributed by atoms with E-state index in [0.717, 1.165) is 35.4 Å². The summed E-state index contributed by atoms with van der Waals surface area (Å²) >= 11 is 0. The van der Waals surface area contributed by atoms with Gasteiger partial charge in [0.2, 0.25) is 0 Å². The molecule has 0 atom stereocenters. The Labute approximate surface area is 177 Å². The van der Waals surface area contributed by atoms with E-state index in [1.54, 1.807) is 0 Å². The van der Waals surface area contributed by atoms with Gasteiger partial charge in [-0.15, -0.1) is 0 Å². The molecule has 158 valence electrons. The highest BCUT2D eigenvalue weighted by molar-refractivity contribution is 6.06. The molecular formula is C24H30N4O2. The number of aryl methyl sites for hydroxylation is 1. The molecule has 3 aromatic rings. The maximum Gasteiger partial charge on any atom is 0.253 e. The quantitative estimate of drug-likeness (QED) is 0.656. The van der Waals surface area contributed by atoms with E-state index in [0.29, 0.717) is 18.8 Å². The molecule has 1 amide bonds. The number of carbonyl (C=O) groups is 1. The van der Waals surface area contributed by atoms with Crippen LogP contribution in [0.25, 0.3) is 11.0 Å². The number of nitrogens with one attached hydrogen (secondary N) is 2. The van der Waals surface area contributed by atoms with Gasteiger partial charge in [-0.25, -0.2) is 4.98 Å². The molecule has 2 N–H and O–H groups in total. The number of pyridine rings is 1. The van der Waals surface area contributed by atoms with Gasteiger partial charge in [0.15, 0.2) is 0 Å². The molecule has 0 bridgehead atoms. The first-order valence-electron chi connectivity index (χ1n) is 10.6. The van der Waals surface area contributed by atoms with E-state index < -0.39 is 0 Å². The summed E-state index contributed by atoms with van der Waals surface area (Å²) in [5.74, 6) is 0.710. The van der Waals surface area contributed by atoms with Gasteiger partial charge in [0.1, 0.15) is 11.5 Å². The van der Waals surface area contributed by atoms with E-state index in [1.807, 2.05) is 30.5 Å². The summed E-state index contributed by atoms with van der Waals surface area (Å²) in [6.07, 6.45) is 3.64. The Hall–Kier alpha value is -2.86. The summed E-state index contributed by atoms with van der Waals surface area (Å²) < 4.78 is 7.49. The van der Waals surface area contributed by atoms with Crippen LogP contribution in [0.15, 0.2) is 42.6 Å². The number of fused-ring (bicyclic) bond motifs is 1. The van der Waals surface area contributed by atoms with Crippen LogP contribution in [-0.2, 0) is 10.3 Å².